The van der Waals surface area contributed by atoms with Crippen LogP contribution in [0.4, 0.5) is 0 Å². The van der Waals surface area contributed by atoms with Crippen LogP contribution < -0.4 is 5.73 Å². The van der Waals surface area contributed by atoms with Crippen LogP contribution in [0.15, 0.2) is 0 Å². The lowest BCUT2D eigenvalue weighted by Gasteiger charge is -1.70. The normalized spacial score (nSPS) is 5.00. The zero-order chi connectivity index (χ0) is 6.83. The lowest BCUT2D eigenvalue weighted by molar-refractivity contribution is 0.932. The van der Waals surface area contributed by atoms with E-state index in [2.05, 4.69) is 6.92 Å². The third-order valence-electron chi connectivity index (χ3n) is 0.339. The molecule has 0 aliphatic heterocycles. The van der Waals surface area contributed by atoms with Gasteiger partial charge in [0.05, 0.1) is 0 Å². The molecule has 0 aliphatic rings. The molecule has 44 valence electrons. The highest BCUT2D eigenvalue weighted by Crippen LogP contribution is 1.57. The zero-order valence-corrected chi connectivity index (χ0v) is 4.89. The fraction of sp³-hybridized carbons (Fsp3) is 0.600. The quantitative estimate of drug-likeness (QED) is 0.531. The van der Waals surface area contributed by atoms with Crippen LogP contribution in [0.25, 0.3) is 0 Å². The van der Waals surface area contributed by atoms with Gasteiger partial charge in [-0.1, -0.05) is 6.92 Å². The molecule has 0 aromatic rings. The maximum absolute atomic E-state index is 7.26. The van der Waals surface area contributed by atoms with E-state index in [0.29, 0.717) is 0 Å². The Labute approximate surface area is 49.3 Å². The highest BCUT2D eigenvalue weighted by Gasteiger charge is 1.55. The van der Waals surface area contributed by atoms with Gasteiger partial charge in [0.25, 0.3) is 0 Å². The molecule has 8 heavy (non-hydrogen) atoms. The standard InChI is InChI=1S/C3H9N.C2N2/c1-2-3-4;3-1-2-4/h2-4H2,1H3;. The molecule has 0 amide bonds. The molecule has 0 aliphatic carbocycles. The van der Waals surface area contributed by atoms with Crippen molar-refractivity contribution >= 4 is 0 Å². The first-order valence-electron chi connectivity index (χ1n) is 2.31. The molecule has 0 atom stereocenters. The Balaban J connectivity index is 0. The fourth-order valence-corrected chi connectivity index (χ4v) is 0. The Kier molecular flexibility index (Phi) is 21.0. The Morgan fingerprint density at radius 3 is 1.62 bits per heavy atom. The second-order valence-electron chi connectivity index (χ2n) is 1.01. The first-order chi connectivity index (χ1) is 3.83. The average molecular weight is 111 g/mol. The molecule has 0 rings (SSSR count). The molecule has 3 heteroatoms. The third-order valence-corrected chi connectivity index (χ3v) is 0.339. The molecular weight excluding hydrogens is 102 g/mol. The van der Waals surface area contributed by atoms with Gasteiger partial charge in [-0.15, -0.1) is 0 Å². The summed E-state index contributed by atoms with van der Waals surface area (Å²) in [5.41, 5.74) is 5.03. The Morgan fingerprint density at radius 1 is 1.38 bits per heavy atom. The first kappa shape index (κ1) is 10.0. The fourth-order valence-electron chi connectivity index (χ4n) is 0. The molecule has 3 nitrogen and oxygen atoms in total. The maximum Gasteiger partial charge on any atom is 0.181 e. The van der Waals surface area contributed by atoms with E-state index in [1.165, 1.54) is 12.1 Å². The monoisotopic (exact) mass is 111 g/mol. The smallest absolute Gasteiger partial charge is 0.181 e. The lowest BCUT2D eigenvalue weighted by Crippen LogP contribution is -1.93. The van der Waals surface area contributed by atoms with Crippen molar-refractivity contribution in [3.05, 3.63) is 0 Å². The zero-order valence-electron chi connectivity index (χ0n) is 4.89. The summed E-state index contributed by atoms with van der Waals surface area (Å²) in [6.45, 7) is 2.88. The summed E-state index contributed by atoms with van der Waals surface area (Å²) in [5, 5.41) is 14.5. The van der Waals surface area contributed by atoms with Crippen LogP contribution in [0.2, 0.25) is 0 Å². The first-order valence-corrected chi connectivity index (χ1v) is 2.31. The third kappa shape index (κ3) is 86.8. The van der Waals surface area contributed by atoms with Crippen molar-refractivity contribution in [3.63, 3.8) is 0 Å². The van der Waals surface area contributed by atoms with E-state index in [9.17, 15) is 0 Å². The predicted molar refractivity (Wildman–Crippen MR) is 30.6 cm³/mol. The molecule has 0 saturated carbocycles. The van der Waals surface area contributed by atoms with E-state index in [1.54, 1.807) is 0 Å². The average Bonchev–Trinajstić information content (AvgIpc) is 1.88. The highest BCUT2D eigenvalue weighted by molar-refractivity contribution is 4.99. The summed E-state index contributed by atoms with van der Waals surface area (Å²) in [6, 6.07) is 2.47. The van der Waals surface area contributed by atoms with Gasteiger partial charge in [0.1, 0.15) is 0 Å². The van der Waals surface area contributed by atoms with Crippen LogP contribution in [0.3, 0.4) is 0 Å². The molecule has 0 bridgehead atoms. The second kappa shape index (κ2) is 16.8. The molecule has 0 radical (unpaired) electrons. The molecule has 0 unspecified atom stereocenters. The minimum Gasteiger partial charge on any atom is -0.330 e. The van der Waals surface area contributed by atoms with Crippen LogP contribution in [0.5, 0.6) is 0 Å². The topological polar surface area (TPSA) is 73.6 Å². The van der Waals surface area contributed by atoms with Gasteiger partial charge < -0.3 is 5.73 Å². The molecule has 2 N–H and O–H groups in total. The number of nitriles is 2. The van der Waals surface area contributed by atoms with Crippen LogP contribution in [-0.4, -0.2) is 6.54 Å². The highest BCUT2D eigenvalue weighted by atomic mass is 14.5. The number of hydrogen-bond acceptors (Lipinski definition) is 3. The minimum absolute atomic E-state index is 0.819. The SMILES string of the molecule is CCCN.N#CC#N. The van der Waals surface area contributed by atoms with Gasteiger partial charge in [0, 0.05) is 0 Å². The molecule has 0 heterocycles. The van der Waals surface area contributed by atoms with Gasteiger partial charge in [-0.3, -0.25) is 0 Å². The van der Waals surface area contributed by atoms with Crippen LogP contribution in [0, 0.1) is 22.7 Å². The molecule has 0 spiro atoms. The van der Waals surface area contributed by atoms with Crippen molar-refractivity contribution < 1.29 is 0 Å². The summed E-state index contributed by atoms with van der Waals surface area (Å²) >= 11 is 0. The van der Waals surface area contributed by atoms with Crippen LogP contribution in [0.1, 0.15) is 13.3 Å². The number of nitrogens with two attached hydrogens (primary N) is 1. The van der Waals surface area contributed by atoms with E-state index >= 15 is 0 Å². The van der Waals surface area contributed by atoms with Gasteiger partial charge in [0.2, 0.25) is 0 Å². The maximum atomic E-state index is 7.26. The Morgan fingerprint density at radius 2 is 1.62 bits per heavy atom. The molecule has 0 fully saturated rings. The van der Waals surface area contributed by atoms with Crippen molar-refractivity contribution in [1.82, 2.24) is 0 Å². The number of rotatable bonds is 1. The Hall–Kier alpha value is -1.06. The molecule has 0 aromatic carbocycles. The van der Waals surface area contributed by atoms with Gasteiger partial charge in [-0.05, 0) is 13.0 Å². The molecular formula is C5H9N3. The van der Waals surface area contributed by atoms with Crippen molar-refractivity contribution in [3.8, 4) is 12.1 Å². The summed E-state index contributed by atoms with van der Waals surface area (Å²) in [6.07, 6.45) is 1.10. The summed E-state index contributed by atoms with van der Waals surface area (Å²) in [7, 11) is 0. The van der Waals surface area contributed by atoms with Gasteiger partial charge in [0.15, 0.2) is 12.1 Å². The van der Waals surface area contributed by atoms with Gasteiger partial charge >= 0.3 is 0 Å². The van der Waals surface area contributed by atoms with E-state index in [-0.39, 0.29) is 0 Å². The van der Waals surface area contributed by atoms with Gasteiger partial charge in [-0.2, -0.15) is 10.5 Å². The molecule has 0 aromatic heterocycles. The van der Waals surface area contributed by atoms with Crippen molar-refractivity contribution in [1.29, 1.82) is 10.5 Å². The van der Waals surface area contributed by atoms with E-state index in [4.69, 9.17) is 16.3 Å². The summed E-state index contributed by atoms with van der Waals surface area (Å²) in [5.74, 6) is 0. The second-order valence-corrected chi connectivity index (χ2v) is 1.01. The lowest BCUT2D eigenvalue weighted by atomic mass is 10.5. The van der Waals surface area contributed by atoms with E-state index in [1.807, 2.05) is 0 Å². The number of nitrogens with zero attached hydrogens (tertiary/aromatic N) is 2. The largest absolute Gasteiger partial charge is 0.330 e. The summed E-state index contributed by atoms with van der Waals surface area (Å²) in [4.78, 5) is 0. The van der Waals surface area contributed by atoms with Crippen molar-refractivity contribution in [2.75, 3.05) is 6.54 Å². The molecule has 0 saturated heterocycles. The predicted octanol–water partition coefficient (Wildman–Crippen LogP) is 0.389. The minimum atomic E-state index is 0.819. The van der Waals surface area contributed by atoms with E-state index < -0.39 is 0 Å². The van der Waals surface area contributed by atoms with E-state index in [0.717, 1.165) is 13.0 Å². The Bertz CT molecular complexity index is 81.2. The van der Waals surface area contributed by atoms with Gasteiger partial charge in [-0.25, -0.2) is 0 Å². The van der Waals surface area contributed by atoms with Crippen LogP contribution in [-0.2, 0) is 0 Å². The van der Waals surface area contributed by atoms with Crippen molar-refractivity contribution in [2.45, 2.75) is 13.3 Å². The van der Waals surface area contributed by atoms with Crippen molar-refractivity contribution in [2.24, 2.45) is 5.73 Å². The number of hydrogen-bond donors (Lipinski definition) is 1. The summed E-state index contributed by atoms with van der Waals surface area (Å²) < 4.78 is 0. The van der Waals surface area contributed by atoms with Crippen LogP contribution >= 0.6 is 0 Å².